The van der Waals surface area contributed by atoms with Gasteiger partial charge >= 0.3 is 0 Å². The minimum atomic E-state index is 0.850. The number of anilines is 1. The molecule has 1 saturated heterocycles. The smallest absolute Gasteiger partial charge is 0.140 e. The van der Waals surface area contributed by atoms with E-state index in [0.717, 1.165) is 53.4 Å². The predicted octanol–water partition coefficient (Wildman–Crippen LogP) is 3.07. The standard InChI is InChI=1S/C16H19BrN4/c17-12-4-5-15-14(10-12)16(19-11-18-15)21-8-6-20(7-9-21)13-2-1-3-13/h4-5,10-11,13H,1-3,6-9H2. The van der Waals surface area contributed by atoms with Crippen molar-refractivity contribution in [2.75, 3.05) is 31.1 Å². The lowest BCUT2D eigenvalue weighted by atomic mass is 9.91. The zero-order valence-electron chi connectivity index (χ0n) is 12.0. The van der Waals surface area contributed by atoms with Gasteiger partial charge in [0.15, 0.2) is 0 Å². The molecule has 4 rings (SSSR count). The maximum Gasteiger partial charge on any atom is 0.140 e. The largest absolute Gasteiger partial charge is 0.353 e. The first-order valence-corrected chi connectivity index (χ1v) is 8.50. The molecule has 2 fully saturated rings. The molecule has 0 bridgehead atoms. The van der Waals surface area contributed by atoms with E-state index >= 15 is 0 Å². The molecule has 0 atom stereocenters. The van der Waals surface area contributed by atoms with Gasteiger partial charge in [-0.25, -0.2) is 9.97 Å². The molecule has 0 amide bonds. The van der Waals surface area contributed by atoms with Crippen LogP contribution >= 0.6 is 15.9 Å². The van der Waals surface area contributed by atoms with Gasteiger partial charge in [-0.2, -0.15) is 0 Å². The van der Waals surface area contributed by atoms with E-state index in [4.69, 9.17) is 0 Å². The average molecular weight is 347 g/mol. The van der Waals surface area contributed by atoms with Crippen LogP contribution < -0.4 is 4.90 Å². The lowest BCUT2D eigenvalue weighted by Gasteiger charge is -2.43. The number of hydrogen-bond acceptors (Lipinski definition) is 4. The number of rotatable bonds is 2. The Kier molecular flexibility index (Phi) is 3.55. The molecule has 1 aliphatic carbocycles. The van der Waals surface area contributed by atoms with Crippen LogP contribution in [0.4, 0.5) is 5.82 Å². The molecule has 0 unspecified atom stereocenters. The normalized spacial score (nSPS) is 20.7. The van der Waals surface area contributed by atoms with Crippen molar-refractivity contribution >= 4 is 32.7 Å². The average Bonchev–Trinajstić information content (AvgIpc) is 2.46. The third kappa shape index (κ3) is 2.53. The quantitative estimate of drug-likeness (QED) is 0.836. The van der Waals surface area contributed by atoms with E-state index in [1.165, 1.54) is 19.3 Å². The van der Waals surface area contributed by atoms with Crippen molar-refractivity contribution in [1.29, 1.82) is 0 Å². The number of hydrogen-bond donors (Lipinski definition) is 0. The van der Waals surface area contributed by atoms with Crippen LogP contribution in [-0.2, 0) is 0 Å². The minimum absolute atomic E-state index is 0.850. The molecule has 2 heterocycles. The van der Waals surface area contributed by atoms with Gasteiger partial charge in [0.05, 0.1) is 5.52 Å². The van der Waals surface area contributed by atoms with E-state index < -0.39 is 0 Å². The fourth-order valence-corrected chi connectivity index (χ4v) is 3.68. The van der Waals surface area contributed by atoms with Crippen LogP contribution in [0.2, 0.25) is 0 Å². The summed E-state index contributed by atoms with van der Waals surface area (Å²) in [7, 11) is 0. The fourth-order valence-electron chi connectivity index (χ4n) is 3.32. The number of benzene rings is 1. The third-order valence-electron chi connectivity index (χ3n) is 4.78. The van der Waals surface area contributed by atoms with Gasteiger partial charge in [0, 0.05) is 42.1 Å². The SMILES string of the molecule is Brc1ccc2ncnc(N3CCN(C4CCC4)CC3)c2c1. The summed E-state index contributed by atoms with van der Waals surface area (Å²) in [5.74, 6) is 1.08. The molecular formula is C16H19BrN4. The van der Waals surface area contributed by atoms with Gasteiger partial charge < -0.3 is 4.90 Å². The van der Waals surface area contributed by atoms with Gasteiger partial charge in [0.25, 0.3) is 0 Å². The highest BCUT2D eigenvalue weighted by Crippen LogP contribution is 2.29. The molecule has 2 aromatic rings. The Labute approximate surface area is 133 Å². The number of piperazine rings is 1. The van der Waals surface area contributed by atoms with Crippen molar-refractivity contribution in [1.82, 2.24) is 14.9 Å². The Morgan fingerprint density at radius 3 is 2.57 bits per heavy atom. The molecule has 0 spiro atoms. The molecule has 21 heavy (non-hydrogen) atoms. The van der Waals surface area contributed by atoms with E-state index in [2.05, 4.69) is 47.8 Å². The number of fused-ring (bicyclic) bond motifs is 1. The van der Waals surface area contributed by atoms with Crippen LogP contribution in [0.1, 0.15) is 19.3 Å². The van der Waals surface area contributed by atoms with E-state index in [9.17, 15) is 0 Å². The Bertz CT molecular complexity index is 648. The minimum Gasteiger partial charge on any atom is -0.353 e. The molecule has 1 aromatic carbocycles. The number of halogens is 1. The second-order valence-electron chi connectivity index (χ2n) is 5.97. The van der Waals surface area contributed by atoms with Crippen molar-refractivity contribution < 1.29 is 0 Å². The summed E-state index contributed by atoms with van der Waals surface area (Å²) in [6.07, 6.45) is 5.88. The number of aromatic nitrogens is 2. The van der Waals surface area contributed by atoms with Crippen LogP contribution in [0, 0.1) is 0 Å². The summed E-state index contributed by atoms with van der Waals surface area (Å²) >= 11 is 3.55. The van der Waals surface area contributed by atoms with Crippen LogP contribution in [0.5, 0.6) is 0 Å². The maximum absolute atomic E-state index is 4.55. The lowest BCUT2D eigenvalue weighted by molar-refractivity contribution is 0.120. The predicted molar refractivity (Wildman–Crippen MR) is 88.7 cm³/mol. The van der Waals surface area contributed by atoms with Crippen LogP contribution in [0.25, 0.3) is 10.9 Å². The van der Waals surface area contributed by atoms with Crippen molar-refractivity contribution in [3.8, 4) is 0 Å². The van der Waals surface area contributed by atoms with Crippen LogP contribution in [0.3, 0.4) is 0 Å². The summed E-state index contributed by atoms with van der Waals surface area (Å²) in [6, 6.07) is 7.06. The van der Waals surface area contributed by atoms with Gasteiger partial charge in [0.1, 0.15) is 12.1 Å². The second kappa shape index (κ2) is 5.54. The van der Waals surface area contributed by atoms with E-state index in [1.807, 2.05) is 6.07 Å². The Morgan fingerprint density at radius 2 is 1.86 bits per heavy atom. The first-order valence-electron chi connectivity index (χ1n) is 7.70. The Balaban J connectivity index is 1.58. The highest BCUT2D eigenvalue weighted by Gasteiger charge is 2.28. The topological polar surface area (TPSA) is 32.3 Å². The fraction of sp³-hybridized carbons (Fsp3) is 0.500. The zero-order chi connectivity index (χ0) is 14.2. The first kappa shape index (κ1) is 13.5. The highest BCUT2D eigenvalue weighted by atomic mass is 79.9. The van der Waals surface area contributed by atoms with Gasteiger partial charge in [-0.05, 0) is 31.0 Å². The molecule has 1 saturated carbocycles. The molecule has 110 valence electrons. The number of nitrogens with zero attached hydrogens (tertiary/aromatic N) is 4. The summed E-state index contributed by atoms with van der Waals surface area (Å²) < 4.78 is 1.08. The monoisotopic (exact) mass is 346 g/mol. The summed E-state index contributed by atoms with van der Waals surface area (Å²) in [6.45, 7) is 4.44. The Morgan fingerprint density at radius 1 is 1.05 bits per heavy atom. The van der Waals surface area contributed by atoms with Crippen molar-refractivity contribution in [2.24, 2.45) is 0 Å². The molecular weight excluding hydrogens is 328 g/mol. The molecule has 1 aromatic heterocycles. The lowest BCUT2D eigenvalue weighted by Crippen LogP contribution is -2.52. The molecule has 1 aliphatic heterocycles. The summed E-state index contributed by atoms with van der Waals surface area (Å²) in [5, 5.41) is 1.14. The molecule has 2 aliphatic rings. The van der Waals surface area contributed by atoms with E-state index in [0.29, 0.717) is 0 Å². The van der Waals surface area contributed by atoms with Gasteiger partial charge in [0.2, 0.25) is 0 Å². The Hall–Kier alpha value is -1.20. The van der Waals surface area contributed by atoms with Crippen molar-refractivity contribution in [3.05, 3.63) is 29.0 Å². The molecule has 0 radical (unpaired) electrons. The van der Waals surface area contributed by atoms with Gasteiger partial charge in [-0.3, -0.25) is 4.90 Å². The summed E-state index contributed by atoms with van der Waals surface area (Å²) in [5.41, 5.74) is 1.02. The third-order valence-corrected chi connectivity index (χ3v) is 5.27. The van der Waals surface area contributed by atoms with Crippen molar-refractivity contribution in [3.63, 3.8) is 0 Å². The highest BCUT2D eigenvalue weighted by molar-refractivity contribution is 9.10. The zero-order valence-corrected chi connectivity index (χ0v) is 13.6. The van der Waals surface area contributed by atoms with E-state index in [-0.39, 0.29) is 0 Å². The van der Waals surface area contributed by atoms with Gasteiger partial charge in [-0.1, -0.05) is 22.4 Å². The first-order chi connectivity index (χ1) is 10.3. The van der Waals surface area contributed by atoms with Crippen LogP contribution in [0.15, 0.2) is 29.0 Å². The van der Waals surface area contributed by atoms with E-state index in [1.54, 1.807) is 6.33 Å². The molecule has 4 nitrogen and oxygen atoms in total. The second-order valence-corrected chi connectivity index (χ2v) is 6.88. The van der Waals surface area contributed by atoms with Gasteiger partial charge in [-0.15, -0.1) is 0 Å². The molecule has 5 heteroatoms. The van der Waals surface area contributed by atoms with Crippen LogP contribution in [-0.4, -0.2) is 47.1 Å². The summed E-state index contributed by atoms with van der Waals surface area (Å²) in [4.78, 5) is 14.0. The maximum atomic E-state index is 4.55. The molecule has 0 N–H and O–H groups in total. The van der Waals surface area contributed by atoms with Crippen molar-refractivity contribution in [2.45, 2.75) is 25.3 Å².